The van der Waals surface area contributed by atoms with E-state index < -0.39 is 22.3 Å². The van der Waals surface area contributed by atoms with Gasteiger partial charge in [0.25, 0.3) is 10.0 Å². The number of hydrogen-bond acceptors (Lipinski definition) is 7. The molecule has 3 rings (SSSR count). The number of amides is 1. The lowest BCUT2D eigenvalue weighted by atomic mass is 10.2. The van der Waals surface area contributed by atoms with Gasteiger partial charge in [-0.1, -0.05) is 29.5 Å². The van der Waals surface area contributed by atoms with E-state index >= 15 is 0 Å². The summed E-state index contributed by atoms with van der Waals surface area (Å²) in [5.74, 6) is 0.710. The molecule has 1 unspecified atom stereocenters. The number of ether oxygens (including phenoxy) is 1. The minimum Gasteiger partial charge on any atom is -0.424 e. The molecule has 0 bridgehead atoms. The van der Waals surface area contributed by atoms with E-state index in [1.165, 1.54) is 30.2 Å². The zero-order valence-electron chi connectivity index (χ0n) is 12.2. The van der Waals surface area contributed by atoms with E-state index in [1.54, 1.807) is 16.7 Å². The minimum atomic E-state index is -3.96. The summed E-state index contributed by atoms with van der Waals surface area (Å²) in [4.78, 5) is 11.9. The molecule has 0 saturated carbocycles. The van der Waals surface area contributed by atoms with Crippen molar-refractivity contribution < 1.29 is 17.9 Å². The highest BCUT2D eigenvalue weighted by Gasteiger charge is 2.26. The van der Waals surface area contributed by atoms with Crippen LogP contribution in [0.15, 0.2) is 40.6 Å². The lowest BCUT2D eigenvalue weighted by Gasteiger charge is -2.23. The number of nitrogens with zero attached hydrogens (tertiary/aromatic N) is 3. The van der Waals surface area contributed by atoms with Crippen LogP contribution in [0.4, 0.5) is 4.79 Å². The van der Waals surface area contributed by atoms with E-state index in [4.69, 9.17) is 4.74 Å². The minimum absolute atomic E-state index is 0.00392. The Morgan fingerprint density at radius 2 is 2.13 bits per heavy atom. The lowest BCUT2D eigenvalue weighted by Crippen LogP contribution is -2.34. The number of nitrogens with one attached hydrogen (secondary N) is 1. The monoisotopic (exact) mass is 354 g/mol. The number of thioether (sulfide) groups is 1. The van der Waals surface area contributed by atoms with Crippen LogP contribution in [0.3, 0.4) is 0 Å². The van der Waals surface area contributed by atoms with Crippen molar-refractivity contribution in [2.45, 2.75) is 29.6 Å². The van der Waals surface area contributed by atoms with Gasteiger partial charge in [0.2, 0.25) is 0 Å². The fourth-order valence-corrected chi connectivity index (χ4v) is 3.87. The summed E-state index contributed by atoms with van der Waals surface area (Å²) in [6.45, 7) is 1.84. The number of carbonyl (C=O) groups is 1. The van der Waals surface area contributed by atoms with E-state index in [2.05, 4.69) is 10.2 Å². The van der Waals surface area contributed by atoms with Crippen molar-refractivity contribution in [1.82, 2.24) is 19.5 Å². The van der Waals surface area contributed by atoms with Gasteiger partial charge in [0.15, 0.2) is 11.4 Å². The molecule has 0 saturated heterocycles. The molecular weight excluding hydrogens is 340 g/mol. The van der Waals surface area contributed by atoms with Gasteiger partial charge in [0.1, 0.15) is 6.33 Å². The molecule has 0 aliphatic carbocycles. The number of aryl methyl sites for hydroxylation is 1. The molecule has 1 aromatic heterocycles. The first kappa shape index (κ1) is 15.8. The van der Waals surface area contributed by atoms with Crippen LogP contribution in [-0.2, 0) is 14.8 Å². The molecule has 1 N–H and O–H groups in total. The molecular formula is C13H14N4O4S2. The molecule has 23 heavy (non-hydrogen) atoms. The predicted molar refractivity (Wildman–Crippen MR) is 82.4 cm³/mol. The van der Waals surface area contributed by atoms with Crippen LogP contribution in [0.1, 0.15) is 18.2 Å². The summed E-state index contributed by atoms with van der Waals surface area (Å²) in [5.41, 5.74) is 0.923. The number of fused-ring (bicyclic) bond motifs is 1. The second kappa shape index (κ2) is 6.20. The molecule has 2 aromatic rings. The zero-order chi connectivity index (χ0) is 16.4. The maximum Gasteiger partial charge on any atom is 0.423 e. The first-order valence-corrected chi connectivity index (χ1v) is 9.25. The van der Waals surface area contributed by atoms with Crippen molar-refractivity contribution in [3.63, 3.8) is 0 Å². The van der Waals surface area contributed by atoms with E-state index in [0.717, 1.165) is 5.56 Å². The third-order valence-corrected chi connectivity index (χ3v) is 5.56. The first-order chi connectivity index (χ1) is 11.0. The van der Waals surface area contributed by atoms with Crippen LogP contribution >= 0.6 is 11.8 Å². The predicted octanol–water partition coefficient (Wildman–Crippen LogP) is 1.70. The van der Waals surface area contributed by atoms with Gasteiger partial charge in [-0.3, -0.25) is 4.57 Å². The molecule has 122 valence electrons. The van der Waals surface area contributed by atoms with E-state index in [9.17, 15) is 13.2 Å². The summed E-state index contributed by atoms with van der Waals surface area (Å²) >= 11 is 1.50. The van der Waals surface area contributed by atoms with Crippen LogP contribution < -0.4 is 4.72 Å². The topological polar surface area (TPSA) is 103 Å². The molecule has 0 fully saturated rings. The molecule has 1 amide bonds. The smallest absolute Gasteiger partial charge is 0.423 e. The number of sulfonamides is 1. The van der Waals surface area contributed by atoms with Gasteiger partial charge >= 0.3 is 6.09 Å². The number of carbonyl (C=O) groups excluding carboxylic acids is 1. The maximum absolute atomic E-state index is 12.1. The van der Waals surface area contributed by atoms with Gasteiger partial charge in [-0.05, 0) is 19.1 Å². The first-order valence-electron chi connectivity index (χ1n) is 6.78. The van der Waals surface area contributed by atoms with Crippen LogP contribution in [0.25, 0.3) is 0 Å². The highest BCUT2D eigenvalue weighted by molar-refractivity contribution is 7.99. The largest absolute Gasteiger partial charge is 0.424 e. The van der Waals surface area contributed by atoms with Crippen LogP contribution in [0.2, 0.25) is 0 Å². The van der Waals surface area contributed by atoms with Gasteiger partial charge in [-0.15, -0.1) is 10.2 Å². The number of rotatable bonds is 3. The van der Waals surface area contributed by atoms with E-state index in [0.29, 0.717) is 17.3 Å². The summed E-state index contributed by atoms with van der Waals surface area (Å²) in [5, 5.41) is 8.28. The molecule has 1 aliphatic rings. The van der Waals surface area contributed by atoms with Crippen molar-refractivity contribution in [1.29, 1.82) is 0 Å². The highest BCUT2D eigenvalue weighted by atomic mass is 32.2. The molecule has 2 heterocycles. The Bertz CT molecular complexity index is 817. The van der Waals surface area contributed by atoms with Crippen LogP contribution in [0.5, 0.6) is 0 Å². The standard InChI is InChI=1S/C13H14N4O4S2/c1-9-2-4-10(5-3-9)23(19,20)16-13(18)21-11-6-7-22-12-15-14-8-17(11)12/h2-5,8,11H,6-7H2,1H3,(H,16,18). The summed E-state index contributed by atoms with van der Waals surface area (Å²) < 4.78 is 33.0. The normalized spacial score (nSPS) is 17.3. The van der Waals surface area contributed by atoms with E-state index in [-0.39, 0.29) is 4.90 Å². The average Bonchev–Trinajstić information content (AvgIpc) is 2.96. The third kappa shape index (κ3) is 3.48. The van der Waals surface area contributed by atoms with Crippen molar-refractivity contribution in [3.8, 4) is 0 Å². The Labute approximate surface area is 137 Å². The number of benzene rings is 1. The zero-order valence-corrected chi connectivity index (χ0v) is 13.8. The van der Waals surface area contributed by atoms with Gasteiger partial charge < -0.3 is 4.74 Å². The average molecular weight is 354 g/mol. The molecule has 0 radical (unpaired) electrons. The fraction of sp³-hybridized carbons (Fsp3) is 0.308. The van der Waals surface area contributed by atoms with Gasteiger partial charge in [0.05, 0.1) is 4.90 Å². The summed E-state index contributed by atoms with van der Waals surface area (Å²) in [6.07, 6.45) is 0.360. The van der Waals surface area contributed by atoms with Crippen molar-refractivity contribution >= 4 is 27.9 Å². The van der Waals surface area contributed by atoms with Crippen LogP contribution in [-0.4, -0.2) is 35.0 Å². The fourth-order valence-electron chi connectivity index (χ4n) is 2.07. The molecule has 0 spiro atoms. The molecule has 1 aliphatic heterocycles. The summed E-state index contributed by atoms with van der Waals surface area (Å²) in [7, 11) is -3.96. The van der Waals surface area contributed by atoms with Gasteiger partial charge in [-0.2, -0.15) is 0 Å². The van der Waals surface area contributed by atoms with Crippen molar-refractivity contribution in [2.24, 2.45) is 0 Å². The van der Waals surface area contributed by atoms with Crippen LogP contribution in [0, 0.1) is 6.92 Å². The second-order valence-corrected chi connectivity index (χ2v) is 7.68. The summed E-state index contributed by atoms with van der Waals surface area (Å²) in [6, 6.07) is 6.17. The molecule has 8 nitrogen and oxygen atoms in total. The molecule has 1 atom stereocenters. The SMILES string of the molecule is Cc1ccc(S(=O)(=O)NC(=O)OC2CCSc3nncn32)cc1. The quantitative estimate of drug-likeness (QED) is 0.894. The Hall–Kier alpha value is -2.07. The van der Waals surface area contributed by atoms with Gasteiger partial charge in [-0.25, -0.2) is 17.9 Å². The molecule has 1 aromatic carbocycles. The number of hydrogen-bond donors (Lipinski definition) is 1. The Morgan fingerprint density at radius 1 is 1.39 bits per heavy atom. The third-order valence-electron chi connectivity index (χ3n) is 3.24. The second-order valence-electron chi connectivity index (χ2n) is 4.94. The van der Waals surface area contributed by atoms with Crippen molar-refractivity contribution in [2.75, 3.05) is 5.75 Å². The lowest BCUT2D eigenvalue weighted by molar-refractivity contribution is 0.0500. The van der Waals surface area contributed by atoms with E-state index in [1.807, 2.05) is 11.6 Å². The highest BCUT2D eigenvalue weighted by Crippen LogP contribution is 2.30. The maximum atomic E-state index is 12.1. The number of aromatic nitrogens is 3. The Balaban J connectivity index is 1.69. The molecule has 10 heteroatoms. The Kier molecular flexibility index (Phi) is 4.26. The Morgan fingerprint density at radius 3 is 2.87 bits per heavy atom. The van der Waals surface area contributed by atoms with Crippen molar-refractivity contribution in [3.05, 3.63) is 36.2 Å². The van der Waals surface area contributed by atoms with Gasteiger partial charge in [0, 0.05) is 12.2 Å².